The molecule has 0 bridgehead atoms. The molecule has 8 nitrogen and oxygen atoms in total. The van der Waals surface area contributed by atoms with E-state index in [9.17, 15) is 9.59 Å². The van der Waals surface area contributed by atoms with E-state index in [1.165, 1.54) is 22.7 Å². The van der Waals surface area contributed by atoms with E-state index >= 15 is 0 Å². The van der Waals surface area contributed by atoms with Crippen molar-refractivity contribution in [2.45, 2.75) is 77.4 Å². The van der Waals surface area contributed by atoms with Crippen molar-refractivity contribution in [3.8, 4) is 0 Å². The molecule has 0 aromatic carbocycles. The first-order valence-corrected chi connectivity index (χ1v) is 13.9. The summed E-state index contributed by atoms with van der Waals surface area (Å²) in [5.41, 5.74) is 0.341. The van der Waals surface area contributed by atoms with Crippen LogP contribution in [0.3, 0.4) is 0 Å². The van der Waals surface area contributed by atoms with Crippen molar-refractivity contribution in [3.05, 3.63) is 22.1 Å². The Hall–Kier alpha value is -2.20. The number of thiazole rings is 2. The quantitative estimate of drug-likeness (QED) is 0.313. The third-order valence-corrected chi connectivity index (χ3v) is 8.23. The lowest BCUT2D eigenvalue weighted by Gasteiger charge is -2.20. The zero-order valence-electron chi connectivity index (χ0n) is 20.3. The lowest BCUT2D eigenvalue weighted by molar-refractivity contribution is -0.151. The van der Waals surface area contributed by atoms with Crippen LogP contribution in [0.1, 0.15) is 77.6 Å². The van der Waals surface area contributed by atoms with Gasteiger partial charge in [0.2, 0.25) is 0 Å². The van der Waals surface area contributed by atoms with Gasteiger partial charge < -0.3 is 20.1 Å². The van der Waals surface area contributed by atoms with Crippen LogP contribution in [0.25, 0.3) is 0 Å². The highest BCUT2D eigenvalue weighted by molar-refractivity contribution is 7.14. The van der Waals surface area contributed by atoms with Crippen molar-refractivity contribution in [2.75, 3.05) is 23.7 Å². The molecular weight excluding hydrogens is 472 g/mol. The molecule has 4 rings (SSSR count). The van der Waals surface area contributed by atoms with Crippen molar-refractivity contribution in [2.24, 2.45) is 11.8 Å². The Bertz CT molecular complexity index is 944. The summed E-state index contributed by atoms with van der Waals surface area (Å²) in [6.07, 6.45) is 5.02. The number of carbonyl (C=O) groups is 2. The van der Waals surface area contributed by atoms with Crippen molar-refractivity contribution < 1.29 is 19.1 Å². The maximum atomic E-state index is 12.2. The standard InChI is InChI=1S/C24H34N4O4S2/c1-5-7-15-11-23(3,31-19(15)29)17-13-33-21(27-17)25-9-10-26-22-28-18(14-34-22)24(4)12-16(8-6-2)20(30)32-24/h13-16H,5-12H2,1-4H3,(H,25,27)(H,26,28)/t15-,16-,23+,24+/m0/s1. The number of rotatable bonds is 11. The minimum atomic E-state index is -0.640. The summed E-state index contributed by atoms with van der Waals surface area (Å²) in [4.78, 5) is 33.7. The second-order valence-corrected chi connectivity index (χ2v) is 11.3. The molecule has 0 amide bonds. The smallest absolute Gasteiger partial charge is 0.310 e. The van der Waals surface area contributed by atoms with E-state index < -0.39 is 11.2 Å². The van der Waals surface area contributed by atoms with Crippen LogP contribution in [0.4, 0.5) is 10.3 Å². The topological polar surface area (TPSA) is 102 Å². The van der Waals surface area contributed by atoms with Crippen LogP contribution in [0.15, 0.2) is 10.8 Å². The number of aromatic nitrogens is 2. The van der Waals surface area contributed by atoms with Gasteiger partial charge in [-0.15, -0.1) is 22.7 Å². The summed E-state index contributed by atoms with van der Waals surface area (Å²) in [6, 6.07) is 0. The fraction of sp³-hybridized carbons (Fsp3) is 0.667. The molecule has 4 heterocycles. The van der Waals surface area contributed by atoms with Crippen LogP contribution in [0.5, 0.6) is 0 Å². The van der Waals surface area contributed by atoms with E-state index in [0.29, 0.717) is 25.9 Å². The maximum absolute atomic E-state index is 12.2. The molecule has 2 aromatic heterocycles. The number of hydrogen-bond acceptors (Lipinski definition) is 10. The molecule has 2 fully saturated rings. The van der Waals surface area contributed by atoms with Crippen LogP contribution >= 0.6 is 22.7 Å². The molecule has 2 saturated heterocycles. The molecule has 0 spiro atoms. The highest BCUT2D eigenvalue weighted by Crippen LogP contribution is 2.43. The lowest BCUT2D eigenvalue weighted by atomic mass is 9.91. The molecule has 0 saturated carbocycles. The van der Waals surface area contributed by atoms with Gasteiger partial charge >= 0.3 is 11.9 Å². The summed E-state index contributed by atoms with van der Waals surface area (Å²) in [6.45, 7) is 9.41. The Morgan fingerprint density at radius 3 is 1.65 bits per heavy atom. The summed E-state index contributed by atoms with van der Waals surface area (Å²) >= 11 is 3.04. The van der Waals surface area contributed by atoms with E-state index in [1.54, 1.807) is 0 Å². The number of carbonyl (C=O) groups excluding carboxylic acids is 2. The Labute approximate surface area is 208 Å². The van der Waals surface area contributed by atoms with Gasteiger partial charge in [-0.25, -0.2) is 9.97 Å². The minimum Gasteiger partial charge on any atom is -0.453 e. The van der Waals surface area contributed by atoms with Gasteiger partial charge in [0.15, 0.2) is 21.5 Å². The SMILES string of the molecule is CCC[C@H]1C[C@](C)(c2csc(NCCNc3nc([C@@]4(C)C[C@H](CCC)C(=O)O4)cs3)n2)OC1=O. The first kappa shape index (κ1) is 24.9. The molecule has 2 aliphatic rings. The van der Waals surface area contributed by atoms with E-state index in [1.807, 2.05) is 24.6 Å². The number of anilines is 2. The summed E-state index contributed by atoms with van der Waals surface area (Å²) < 4.78 is 11.4. The van der Waals surface area contributed by atoms with Gasteiger partial charge in [0.1, 0.15) is 0 Å². The molecule has 4 atom stereocenters. The zero-order chi connectivity index (χ0) is 24.3. The van der Waals surface area contributed by atoms with Crippen LogP contribution in [0.2, 0.25) is 0 Å². The van der Waals surface area contributed by atoms with Crippen LogP contribution < -0.4 is 10.6 Å². The Morgan fingerprint density at radius 1 is 0.853 bits per heavy atom. The number of cyclic esters (lactones) is 2. The van der Waals surface area contributed by atoms with E-state index in [4.69, 9.17) is 9.47 Å². The number of hydrogen-bond donors (Lipinski definition) is 2. The Balaban J connectivity index is 1.25. The molecule has 10 heteroatoms. The monoisotopic (exact) mass is 506 g/mol. The van der Waals surface area contributed by atoms with Crippen molar-refractivity contribution >= 4 is 44.9 Å². The Kier molecular flexibility index (Phi) is 7.47. The molecule has 34 heavy (non-hydrogen) atoms. The van der Waals surface area contributed by atoms with Crippen molar-refractivity contribution in [1.29, 1.82) is 0 Å². The number of esters is 2. The summed E-state index contributed by atoms with van der Waals surface area (Å²) in [7, 11) is 0. The normalized spacial score (nSPS) is 28.7. The zero-order valence-corrected chi connectivity index (χ0v) is 21.9. The first-order chi connectivity index (χ1) is 16.3. The Morgan fingerprint density at radius 2 is 1.26 bits per heavy atom. The predicted octanol–water partition coefficient (Wildman–Crippen LogP) is 5.28. The molecule has 0 aliphatic carbocycles. The molecule has 186 valence electrons. The highest BCUT2D eigenvalue weighted by atomic mass is 32.1. The fourth-order valence-electron chi connectivity index (χ4n) is 4.79. The average molecular weight is 507 g/mol. The first-order valence-electron chi connectivity index (χ1n) is 12.1. The van der Waals surface area contributed by atoms with Gasteiger partial charge in [-0.2, -0.15) is 0 Å². The van der Waals surface area contributed by atoms with Gasteiger partial charge in [-0.3, -0.25) is 9.59 Å². The second-order valence-electron chi connectivity index (χ2n) is 9.61. The summed E-state index contributed by atoms with van der Waals surface area (Å²) in [5.74, 6) is -0.289. The lowest BCUT2D eigenvalue weighted by Crippen LogP contribution is -2.22. The summed E-state index contributed by atoms with van der Waals surface area (Å²) in [5, 5.41) is 12.2. The van der Waals surface area contributed by atoms with E-state index in [0.717, 1.165) is 47.3 Å². The largest absolute Gasteiger partial charge is 0.453 e. The molecule has 2 aliphatic heterocycles. The molecule has 2 aromatic rings. The third-order valence-electron chi connectivity index (χ3n) is 6.63. The number of nitrogens with one attached hydrogen (secondary N) is 2. The van der Waals surface area contributed by atoms with Gasteiger partial charge in [-0.05, 0) is 26.7 Å². The van der Waals surface area contributed by atoms with Gasteiger partial charge in [0, 0.05) is 36.7 Å². The van der Waals surface area contributed by atoms with Crippen LogP contribution in [-0.2, 0) is 30.3 Å². The molecule has 0 unspecified atom stereocenters. The number of ether oxygens (including phenoxy) is 2. The van der Waals surface area contributed by atoms with Gasteiger partial charge in [0.25, 0.3) is 0 Å². The van der Waals surface area contributed by atoms with E-state index in [2.05, 4.69) is 34.4 Å². The second kappa shape index (κ2) is 10.2. The molecule has 2 N–H and O–H groups in total. The van der Waals surface area contributed by atoms with Gasteiger partial charge in [-0.1, -0.05) is 26.7 Å². The average Bonchev–Trinajstić information content (AvgIpc) is 3.55. The molecular formula is C24H34N4O4S2. The molecule has 0 radical (unpaired) electrons. The van der Waals surface area contributed by atoms with Crippen LogP contribution in [0, 0.1) is 11.8 Å². The number of nitrogens with zero attached hydrogens (tertiary/aromatic N) is 2. The van der Waals surface area contributed by atoms with Gasteiger partial charge in [0.05, 0.1) is 23.2 Å². The van der Waals surface area contributed by atoms with Crippen LogP contribution in [-0.4, -0.2) is 35.0 Å². The predicted molar refractivity (Wildman–Crippen MR) is 134 cm³/mol. The maximum Gasteiger partial charge on any atom is 0.310 e. The van der Waals surface area contributed by atoms with Crippen molar-refractivity contribution in [3.63, 3.8) is 0 Å². The highest BCUT2D eigenvalue weighted by Gasteiger charge is 2.46. The van der Waals surface area contributed by atoms with E-state index in [-0.39, 0.29) is 23.8 Å². The third kappa shape index (κ3) is 5.22. The van der Waals surface area contributed by atoms with Crippen molar-refractivity contribution in [1.82, 2.24) is 9.97 Å². The minimum absolute atomic E-state index is 0.0342. The fourth-order valence-corrected chi connectivity index (χ4v) is 6.51.